The predicted molar refractivity (Wildman–Crippen MR) is 89.0 cm³/mol. The quantitative estimate of drug-likeness (QED) is 0.783. The van der Waals surface area contributed by atoms with Gasteiger partial charge in [0.15, 0.2) is 0 Å². The zero-order valence-corrected chi connectivity index (χ0v) is 13.5. The van der Waals surface area contributed by atoms with Crippen LogP contribution in [0.3, 0.4) is 0 Å². The molecule has 0 fully saturated rings. The van der Waals surface area contributed by atoms with Crippen LogP contribution in [0, 0.1) is 6.92 Å². The van der Waals surface area contributed by atoms with Crippen LogP contribution < -0.4 is 10.9 Å². The smallest absolute Gasteiger partial charge is 0.266 e. The maximum atomic E-state index is 12.4. The number of hydrogen-bond acceptors (Lipinski definition) is 4. The summed E-state index contributed by atoms with van der Waals surface area (Å²) >= 11 is 7.11. The summed E-state index contributed by atoms with van der Waals surface area (Å²) in [4.78, 5) is 29.9. The summed E-state index contributed by atoms with van der Waals surface area (Å²) in [5.74, 6) is -0.273. The van der Waals surface area contributed by atoms with E-state index in [0.717, 1.165) is 0 Å². The van der Waals surface area contributed by atoms with Crippen LogP contribution in [-0.2, 0) is 7.05 Å². The normalized spacial score (nSPS) is 10.9. The number of carbonyl (C=O) groups is 1. The van der Waals surface area contributed by atoms with Gasteiger partial charge in [0, 0.05) is 17.8 Å². The highest BCUT2D eigenvalue weighted by molar-refractivity contribution is 7.20. The number of hydrogen-bond donors (Lipinski definition) is 1. The third kappa shape index (κ3) is 2.51. The van der Waals surface area contributed by atoms with E-state index >= 15 is 0 Å². The van der Waals surface area contributed by atoms with E-state index in [9.17, 15) is 9.59 Å². The maximum absolute atomic E-state index is 12.4. The Morgan fingerprint density at radius 2 is 2.18 bits per heavy atom. The van der Waals surface area contributed by atoms with E-state index in [0.29, 0.717) is 31.4 Å². The van der Waals surface area contributed by atoms with Gasteiger partial charge in [0.25, 0.3) is 11.5 Å². The first-order valence-electron chi connectivity index (χ1n) is 6.49. The second kappa shape index (κ2) is 5.55. The number of rotatable bonds is 2. The van der Waals surface area contributed by atoms with Crippen molar-refractivity contribution in [1.29, 1.82) is 0 Å². The van der Waals surface area contributed by atoms with Crippen LogP contribution >= 0.6 is 22.9 Å². The van der Waals surface area contributed by atoms with Crippen molar-refractivity contribution < 1.29 is 4.79 Å². The van der Waals surface area contributed by atoms with Crippen molar-refractivity contribution in [2.24, 2.45) is 7.05 Å². The minimum atomic E-state index is -0.273. The number of fused-ring (bicyclic) bond motifs is 1. The average Bonchev–Trinajstić information content (AvgIpc) is 2.81. The molecule has 0 saturated heterocycles. The van der Waals surface area contributed by atoms with Gasteiger partial charge in [-0.2, -0.15) is 0 Å². The number of anilines is 1. The Morgan fingerprint density at radius 1 is 1.41 bits per heavy atom. The minimum absolute atomic E-state index is 0.152. The van der Waals surface area contributed by atoms with Gasteiger partial charge in [-0.15, -0.1) is 11.3 Å². The van der Waals surface area contributed by atoms with Crippen LogP contribution in [0.15, 0.2) is 35.4 Å². The molecule has 2 aromatic heterocycles. The maximum Gasteiger partial charge on any atom is 0.266 e. The van der Waals surface area contributed by atoms with E-state index in [-0.39, 0.29) is 11.5 Å². The number of carbonyl (C=O) groups excluding carboxylic acids is 1. The van der Waals surface area contributed by atoms with E-state index in [4.69, 9.17) is 11.6 Å². The van der Waals surface area contributed by atoms with Gasteiger partial charge >= 0.3 is 0 Å². The summed E-state index contributed by atoms with van der Waals surface area (Å²) in [5, 5.41) is 3.82. The number of nitrogens with one attached hydrogen (secondary N) is 1. The van der Waals surface area contributed by atoms with Crippen LogP contribution in [-0.4, -0.2) is 15.5 Å². The molecule has 1 aromatic carbocycles. The van der Waals surface area contributed by atoms with Gasteiger partial charge in [-0.05, 0) is 30.7 Å². The van der Waals surface area contributed by atoms with Crippen LogP contribution in [0.25, 0.3) is 10.2 Å². The molecule has 7 heteroatoms. The van der Waals surface area contributed by atoms with Crippen LogP contribution in [0.2, 0.25) is 5.02 Å². The average molecular weight is 334 g/mol. The third-order valence-electron chi connectivity index (χ3n) is 3.30. The number of aryl methyl sites for hydroxylation is 2. The lowest BCUT2D eigenvalue weighted by atomic mass is 10.2. The molecule has 3 rings (SSSR count). The van der Waals surface area contributed by atoms with E-state index in [1.807, 2.05) is 0 Å². The number of thiophene rings is 1. The highest BCUT2D eigenvalue weighted by Gasteiger charge is 2.19. The Morgan fingerprint density at radius 3 is 2.91 bits per heavy atom. The Kier molecular flexibility index (Phi) is 3.72. The highest BCUT2D eigenvalue weighted by Crippen LogP contribution is 2.27. The lowest BCUT2D eigenvalue weighted by Gasteiger charge is -2.04. The van der Waals surface area contributed by atoms with Gasteiger partial charge in [-0.1, -0.05) is 17.7 Å². The first kappa shape index (κ1) is 14.7. The number of halogens is 1. The highest BCUT2D eigenvalue weighted by atomic mass is 35.5. The third-order valence-corrected chi connectivity index (χ3v) is 4.73. The SMILES string of the molecule is Cc1c(C(=O)Nc2cccc(Cl)c2)sc2ncn(C)c(=O)c12. The molecule has 22 heavy (non-hydrogen) atoms. The van der Waals surface area contributed by atoms with Crippen molar-refractivity contribution in [3.63, 3.8) is 0 Å². The van der Waals surface area contributed by atoms with Gasteiger partial charge in [-0.3, -0.25) is 9.59 Å². The molecule has 0 saturated carbocycles. The van der Waals surface area contributed by atoms with Gasteiger partial charge in [-0.25, -0.2) is 4.98 Å². The number of aromatic nitrogens is 2. The molecule has 0 aliphatic heterocycles. The topological polar surface area (TPSA) is 64.0 Å². The van der Waals surface area contributed by atoms with Crippen LogP contribution in [0.5, 0.6) is 0 Å². The summed E-state index contributed by atoms with van der Waals surface area (Å²) in [6.45, 7) is 1.76. The van der Waals surface area contributed by atoms with E-state index in [2.05, 4.69) is 10.3 Å². The Balaban J connectivity index is 2.03. The second-order valence-electron chi connectivity index (χ2n) is 4.86. The number of nitrogens with zero attached hydrogens (tertiary/aromatic N) is 2. The zero-order valence-electron chi connectivity index (χ0n) is 11.9. The molecular formula is C15H12ClN3O2S. The fourth-order valence-corrected chi connectivity index (χ4v) is 3.40. The molecule has 0 unspecified atom stereocenters. The molecule has 3 aromatic rings. The number of amides is 1. The Bertz CT molecular complexity index is 946. The predicted octanol–water partition coefficient (Wildman–Crippen LogP) is 3.21. The summed E-state index contributed by atoms with van der Waals surface area (Å²) in [5.41, 5.74) is 1.10. The largest absolute Gasteiger partial charge is 0.321 e. The minimum Gasteiger partial charge on any atom is -0.321 e. The molecule has 0 aliphatic rings. The molecule has 0 bridgehead atoms. The van der Waals surface area contributed by atoms with Gasteiger partial charge in [0.1, 0.15) is 4.83 Å². The Labute approximate surface area is 135 Å². The number of benzene rings is 1. The first-order chi connectivity index (χ1) is 10.5. The monoisotopic (exact) mass is 333 g/mol. The van der Waals surface area contributed by atoms with Gasteiger partial charge < -0.3 is 9.88 Å². The summed E-state index contributed by atoms with van der Waals surface area (Å²) < 4.78 is 1.40. The van der Waals surface area contributed by atoms with Crippen molar-refractivity contribution in [1.82, 2.24) is 9.55 Å². The van der Waals surface area contributed by atoms with Crippen LogP contribution in [0.4, 0.5) is 5.69 Å². The lowest BCUT2D eigenvalue weighted by molar-refractivity contribution is 0.103. The summed E-state index contributed by atoms with van der Waals surface area (Å²) in [6, 6.07) is 6.91. The van der Waals surface area contributed by atoms with Gasteiger partial charge in [0.05, 0.1) is 16.6 Å². The summed E-state index contributed by atoms with van der Waals surface area (Å²) in [6.07, 6.45) is 1.46. The van der Waals surface area contributed by atoms with E-state index in [1.54, 1.807) is 38.2 Å². The van der Waals surface area contributed by atoms with Crippen molar-refractivity contribution in [3.05, 3.63) is 56.4 Å². The molecular weight excluding hydrogens is 322 g/mol. The first-order valence-corrected chi connectivity index (χ1v) is 7.68. The molecule has 112 valence electrons. The fraction of sp³-hybridized carbons (Fsp3) is 0.133. The standard InChI is InChI=1S/C15H12ClN3O2S/c1-8-11-14(17-7-19(2)15(11)21)22-12(8)13(20)18-10-5-3-4-9(16)6-10/h3-7H,1-2H3,(H,18,20). The summed E-state index contributed by atoms with van der Waals surface area (Å²) in [7, 11) is 1.64. The van der Waals surface area contributed by atoms with Crippen molar-refractivity contribution in [3.8, 4) is 0 Å². The van der Waals surface area contributed by atoms with E-state index in [1.165, 1.54) is 22.2 Å². The molecule has 5 nitrogen and oxygen atoms in total. The molecule has 0 aliphatic carbocycles. The van der Waals surface area contributed by atoms with Crippen molar-refractivity contribution >= 4 is 44.7 Å². The Hall–Kier alpha value is -2.18. The molecule has 1 amide bonds. The van der Waals surface area contributed by atoms with Crippen molar-refractivity contribution in [2.45, 2.75) is 6.92 Å². The molecule has 0 atom stereocenters. The van der Waals surface area contributed by atoms with Gasteiger partial charge in [0.2, 0.25) is 0 Å². The van der Waals surface area contributed by atoms with E-state index < -0.39 is 0 Å². The van der Waals surface area contributed by atoms with Crippen molar-refractivity contribution in [2.75, 3.05) is 5.32 Å². The lowest BCUT2D eigenvalue weighted by Crippen LogP contribution is -2.17. The molecule has 0 spiro atoms. The second-order valence-corrected chi connectivity index (χ2v) is 6.30. The molecule has 1 N–H and O–H groups in total. The fourth-order valence-electron chi connectivity index (χ4n) is 2.18. The molecule has 2 heterocycles. The molecule has 0 radical (unpaired) electrons. The zero-order chi connectivity index (χ0) is 15.9. The van der Waals surface area contributed by atoms with Crippen LogP contribution in [0.1, 0.15) is 15.2 Å².